The van der Waals surface area contributed by atoms with Crippen LogP contribution in [-0.4, -0.2) is 11.0 Å². The van der Waals surface area contributed by atoms with Crippen LogP contribution < -0.4 is 11.1 Å². The molecule has 1 aromatic carbocycles. The van der Waals surface area contributed by atoms with Gasteiger partial charge in [0.15, 0.2) is 0 Å². The SMILES string of the molecule is CC1CC1Nc1cccc(N)c1[N+](=O)[O-]. The minimum absolute atomic E-state index is 0.0170. The predicted molar refractivity (Wildman–Crippen MR) is 58.7 cm³/mol. The number of nitro benzene ring substituents is 1. The fraction of sp³-hybridized carbons (Fsp3) is 0.400. The lowest BCUT2D eigenvalue weighted by atomic mass is 10.2. The van der Waals surface area contributed by atoms with Gasteiger partial charge in [-0.2, -0.15) is 0 Å². The molecular weight excluding hydrogens is 194 g/mol. The van der Waals surface area contributed by atoms with Gasteiger partial charge in [-0.15, -0.1) is 0 Å². The zero-order valence-electron chi connectivity index (χ0n) is 8.43. The van der Waals surface area contributed by atoms with Gasteiger partial charge >= 0.3 is 5.69 Å². The summed E-state index contributed by atoms with van der Waals surface area (Å²) >= 11 is 0. The van der Waals surface area contributed by atoms with Crippen LogP contribution in [0.1, 0.15) is 13.3 Å². The number of para-hydroxylation sites is 1. The van der Waals surface area contributed by atoms with Crippen molar-refractivity contribution in [3.05, 3.63) is 28.3 Å². The van der Waals surface area contributed by atoms with Crippen molar-refractivity contribution in [1.29, 1.82) is 0 Å². The van der Waals surface area contributed by atoms with Crippen molar-refractivity contribution >= 4 is 17.1 Å². The Morgan fingerprint density at radius 1 is 1.60 bits per heavy atom. The third-order valence-electron chi connectivity index (χ3n) is 2.70. The van der Waals surface area contributed by atoms with Gasteiger partial charge in [-0.1, -0.05) is 13.0 Å². The summed E-state index contributed by atoms with van der Waals surface area (Å²) in [6.07, 6.45) is 1.06. The van der Waals surface area contributed by atoms with E-state index in [1.54, 1.807) is 18.2 Å². The van der Waals surface area contributed by atoms with E-state index in [9.17, 15) is 10.1 Å². The van der Waals surface area contributed by atoms with E-state index in [4.69, 9.17) is 5.73 Å². The third-order valence-corrected chi connectivity index (χ3v) is 2.70. The van der Waals surface area contributed by atoms with Crippen LogP contribution in [0.5, 0.6) is 0 Å². The molecule has 1 fully saturated rings. The number of nitrogen functional groups attached to an aromatic ring is 1. The highest BCUT2D eigenvalue weighted by Gasteiger charge is 2.34. The van der Waals surface area contributed by atoms with Crippen molar-refractivity contribution in [2.45, 2.75) is 19.4 Å². The van der Waals surface area contributed by atoms with Gasteiger partial charge in [0.25, 0.3) is 0 Å². The van der Waals surface area contributed by atoms with Crippen LogP contribution >= 0.6 is 0 Å². The van der Waals surface area contributed by atoms with Gasteiger partial charge < -0.3 is 11.1 Å². The van der Waals surface area contributed by atoms with Crippen LogP contribution in [0.4, 0.5) is 17.1 Å². The second-order valence-corrected chi connectivity index (χ2v) is 3.96. The van der Waals surface area contributed by atoms with Gasteiger partial charge in [0.05, 0.1) is 4.92 Å². The summed E-state index contributed by atoms with van der Waals surface area (Å²) in [4.78, 5) is 10.4. The number of nitrogens with two attached hydrogens (primary N) is 1. The summed E-state index contributed by atoms with van der Waals surface area (Å²) < 4.78 is 0. The molecule has 0 amide bonds. The Bertz CT molecular complexity index is 406. The maximum Gasteiger partial charge on any atom is 0.314 e. The van der Waals surface area contributed by atoms with E-state index >= 15 is 0 Å². The van der Waals surface area contributed by atoms with Gasteiger partial charge in [-0.05, 0) is 24.5 Å². The van der Waals surface area contributed by atoms with Gasteiger partial charge in [-0.25, -0.2) is 0 Å². The fourth-order valence-corrected chi connectivity index (χ4v) is 1.60. The molecule has 2 rings (SSSR count). The predicted octanol–water partition coefficient (Wildman–Crippen LogP) is 2.00. The van der Waals surface area contributed by atoms with Crippen molar-refractivity contribution in [2.24, 2.45) is 5.92 Å². The third kappa shape index (κ3) is 1.86. The highest BCUT2D eigenvalue weighted by molar-refractivity contribution is 5.74. The van der Waals surface area contributed by atoms with Crippen molar-refractivity contribution < 1.29 is 4.92 Å². The molecule has 5 nitrogen and oxygen atoms in total. The lowest BCUT2D eigenvalue weighted by Gasteiger charge is -2.07. The molecule has 0 aliphatic heterocycles. The summed E-state index contributed by atoms with van der Waals surface area (Å²) in [5.74, 6) is 0.589. The molecular formula is C10H13N3O2. The summed E-state index contributed by atoms with van der Waals surface area (Å²) in [7, 11) is 0. The summed E-state index contributed by atoms with van der Waals surface area (Å²) in [6, 6.07) is 5.31. The standard InChI is InChI=1S/C10H13N3O2/c1-6-5-9(6)12-8-4-2-3-7(11)10(8)13(14)15/h2-4,6,9,12H,5,11H2,1H3. The summed E-state index contributed by atoms with van der Waals surface area (Å²) in [5.41, 5.74) is 6.28. The number of nitro groups is 1. The van der Waals surface area contributed by atoms with E-state index in [-0.39, 0.29) is 11.4 Å². The van der Waals surface area contributed by atoms with Crippen LogP contribution in [0, 0.1) is 16.0 Å². The zero-order chi connectivity index (χ0) is 11.0. The van der Waals surface area contributed by atoms with E-state index in [0.717, 1.165) is 6.42 Å². The molecule has 2 atom stereocenters. The minimum atomic E-state index is -0.440. The van der Waals surface area contributed by atoms with Crippen molar-refractivity contribution in [1.82, 2.24) is 0 Å². The molecule has 5 heteroatoms. The monoisotopic (exact) mass is 207 g/mol. The van der Waals surface area contributed by atoms with E-state index < -0.39 is 4.92 Å². The highest BCUT2D eigenvalue weighted by atomic mass is 16.6. The molecule has 1 saturated carbocycles. The maximum absolute atomic E-state index is 10.8. The molecule has 0 spiro atoms. The van der Waals surface area contributed by atoms with Crippen molar-refractivity contribution in [3.8, 4) is 0 Å². The Hall–Kier alpha value is -1.78. The topological polar surface area (TPSA) is 81.2 Å². The smallest absolute Gasteiger partial charge is 0.314 e. The molecule has 0 saturated heterocycles. The van der Waals surface area contributed by atoms with Gasteiger partial charge in [-0.3, -0.25) is 10.1 Å². The summed E-state index contributed by atoms with van der Waals surface area (Å²) in [5, 5.41) is 13.9. The second-order valence-electron chi connectivity index (χ2n) is 3.96. The van der Waals surface area contributed by atoms with Crippen LogP contribution in [-0.2, 0) is 0 Å². The van der Waals surface area contributed by atoms with Crippen LogP contribution in [0.2, 0.25) is 0 Å². The molecule has 1 aliphatic rings. The number of hydrogen-bond acceptors (Lipinski definition) is 4. The van der Waals surface area contributed by atoms with E-state index in [0.29, 0.717) is 17.6 Å². The average Bonchev–Trinajstić information content (AvgIpc) is 2.81. The first-order chi connectivity index (χ1) is 7.09. The molecule has 0 aromatic heterocycles. The largest absolute Gasteiger partial charge is 0.393 e. The first-order valence-corrected chi connectivity index (χ1v) is 4.89. The quantitative estimate of drug-likeness (QED) is 0.451. The molecule has 80 valence electrons. The number of nitrogens with one attached hydrogen (secondary N) is 1. The normalized spacial score (nSPS) is 23.5. The second kappa shape index (κ2) is 3.42. The molecule has 1 aromatic rings. The molecule has 0 heterocycles. The first kappa shape index (κ1) is 9.76. The molecule has 15 heavy (non-hydrogen) atoms. The van der Waals surface area contributed by atoms with Crippen LogP contribution in [0.3, 0.4) is 0 Å². The number of benzene rings is 1. The average molecular weight is 207 g/mol. The van der Waals surface area contributed by atoms with E-state index in [1.165, 1.54) is 0 Å². The number of hydrogen-bond donors (Lipinski definition) is 2. The Labute approximate surface area is 87.4 Å². The lowest BCUT2D eigenvalue weighted by molar-refractivity contribution is -0.383. The Balaban J connectivity index is 2.29. The lowest BCUT2D eigenvalue weighted by Crippen LogP contribution is -2.07. The summed E-state index contributed by atoms with van der Waals surface area (Å²) in [6.45, 7) is 2.11. The molecule has 2 unspecified atom stereocenters. The number of nitrogens with zero attached hydrogens (tertiary/aromatic N) is 1. The minimum Gasteiger partial charge on any atom is -0.393 e. The van der Waals surface area contributed by atoms with Crippen molar-refractivity contribution in [3.63, 3.8) is 0 Å². The molecule has 1 aliphatic carbocycles. The van der Waals surface area contributed by atoms with Gasteiger partial charge in [0.2, 0.25) is 0 Å². The van der Waals surface area contributed by atoms with E-state index in [2.05, 4.69) is 12.2 Å². The van der Waals surface area contributed by atoms with Gasteiger partial charge in [0, 0.05) is 6.04 Å². The van der Waals surface area contributed by atoms with Crippen LogP contribution in [0.25, 0.3) is 0 Å². The van der Waals surface area contributed by atoms with Crippen molar-refractivity contribution in [2.75, 3.05) is 11.1 Å². The van der Waals surface area contributed by atoms with Crippen LogP contribution in [0.15, 0.2) is 18.2 Å². The molecule has 0 radical (unpaired) electrons. The zero-order valence-corrected chi connectivity index (χ0v) is 8.43. The Kier molecular flexibility index (Phi) is 2.22. The molecule has 3 N–H and O–H groups in total. The fourth-order valence-electron chi connectivity index (χ4n) is 1.60. The highest BCUT2D eigenvalue weighted by Crippen LogP contribution is 2.37. The van der Waals surface area contributed by atoms with Gasteiger partial charge in [0.1, 0.15) is 11.4 Å². The van der Waals surface area contributed by atoms with E-state index in [1.807, 2.05) is 0 Å². The Morgan fingerprint density at radius 3 is 2.80 bits per heavy atom. The number of anilines is 2. The first-order valence-electron chi connectivity index (χ1n) is 4.89. The Morgan fingerprint density at radius 2 is 2.27 bits per heavy atom. The maximum atomic E-state index is 10.8. The number of rotatable bonds is 3. The molecule has 0 bridgehead atoms.